The Morgan fingerprint density at radius 3 is 2.75 bits per heavy atom. The van der Waals surface area contributed by atoms with Gasteiger partial charge in [0.05, 0.1) is 6.54 Å². The molecule has 0 aliphatic carbocycles. The van der Waals surface area contributed by atoms with E-state index < -0.39 is 12.6 Å². The topological polar surface area (TPSA) is 49.8 Å². The molecule has 0 heterocycles. The number of nitrogens with zero attached hydrogens (tertiary/aromatic N) is 1. The largest absolute Gasteiger partial charge is 0.480 e. The van der Waals surface area contributed by atoms with Crippen LogP contribution in [0.5, 0.6) is 5.75 Å². The number of carbonyl (C=O) groups is 1. The molecule has 0 spiro atoms. The average Bonchev–Trinajstić information content (AvgIpc) is 2.31. The summed E-state index contributed by atoms with van der Waals surface area (Å²) in [6.07, 6.45) is 0.770. The lowest BCUT2D eigenvalue weighted by molar-refractivity contribution is -0.138. The number of halogens is 3. The zero-order chi connectivity index (χ0) is 15.1. The minimum Gasteiger partial charge on any atom is -0.480 e. The Bertz CT molecular complexity index is 457. The van der Waals surface area contributed by atoms with Crippen LogP contribution >= 0.6 is 15.9 Å². The summed E-state index contributed by atoms with van der Waals surface area (Å²) in [6, 6.07) is 4.70. The molecule has 0 aliphatic heterocycles. The van der Waals surface area contributed by atoms with E-state index in [2.05, 4.69) is 20.7 Å². The number of benzene rings is 1. The minimum atomic E-state index is -2.91. The summed E-state index contributed by atoms with van der Waals surface area (Å²) in [6.45, 7) is -0.330. The van der Waals surface area contributed by atoms with Gasteiger partial charge in [-0.15, -0.1) is 0 Å². The Hall–Kier alpha value is -1.21. The molecule has 0 amide bonds. The van der Waals surface area contributed by atoms with Crippen LogP contribution in [0.1, 0.15) is 18.9 Å². The normalized spacial score (nSPS) is 11.1. The first-order chi connectivity index (χ1) is 9.42. The molecule has 0 saturated carbocycles. The molecule has 0 bridgehead atoms. The first-order valence-corrected chi connectivity index (χ1v) is 6.89. The molecule has 112 valence electrons. The van der Waals surface area contributed by atoms with Crippen molar-refractivity contribution in [3.8, 4) is 5.75 Å². The van der Waals surface area contributed by atoms with Gasteiger partial charge in [-0.05, 0) is 31.2 Å². The minimum absolute atomic E-state index is 0.0645. The van der Waals surface area contributed by atoms with Gasteiger partial charge in [-0.1, -0.05) is 22.9 Å². The highest BCUT2D eigenvalue weighted by molar-refractivity contribution is 9.10. The number of aliphatic carboxylic acids is 1. The number of ether oxygens (including phenoxy) is 1. The molecule has 20 heavy (non-hydrogen) atoms. The quantitative estimate of drug-likeness (QED) is 0.780. The summed E-state index contributed by atoms with van der Waals surface area (Å²) < 4.78 is 29.9. The Morgan fingerprint density at radius 2 is 2.20 bits per heavy atom. The Labute approximate surface area is 124 Å². The van der Waals surface area contributed by atoms with E-state index in [0.29, 0.717) is 12.1 Å². The van der Waals surface area contributed by atoms with Gasteiger partial charge in [-0.3, -0.25) is 9.69 Å². The summed E-state index contributed by atoms with van der Waals surface area (Å²) in [5, 5.41) is 8.86. The van der Waals surface area contributed by atoms with E-state index >= 15 is 0 Å². The molecule has 7 heteroatoms. The number of rotatable bonds is 8. The van der Waals surface area contributed by atoms with Gasteiger partial charge in [-0.25, -0.2) is 0 Å². The lowest BCUT2D eigenvalue weighted by Gasteiger charge is -2.21. The van der Waals surface area contributed by atoms with Crippen molar-refractivity contribution in [2.75, 3.05) is 13.1 Å². The number of carboxylic acids is 1. The van der Waals surface area contributed by atoms with Crippen LogP contribution in [-0.4, -0.2) is 35.7 Å². The maximum absolute atomic E-state index is 12.4. The van der Waals surface area contributed by atoms with Gasteiger partial charge in [-0.2, -0.15) is 8.78 Å². The third kappa shape index (κ3) is 5.83. The third-order valence-electron chi connectivity index (χ3n) is 2.53. The molecule has 0 aliphatic rings. The van der Waals surface area contributed by atoms with Crippen LogP contribution in [0, 0.1) is 0 Å². The molecule has 0 atom stereocenters. The molecule has 0 fully saturated rings. The van der Waals surface area contributed by atoms with Crippen LogP contribution in [0.25, 0.3) is 0 Å². The van der Waals surface area contributed by atoms with Crippen LogP contribution in [0.15, 0.2) is 22.7 Å². The predicted octanol–water partition coefficient (Wildman–Crippen LogP) is 3.35. The van der Waals surface area contributed by atoms with Crippen molar-refractivity contribution in [3.63, 3.8) is 0 Å². The zero-order valence-corrected chi connectivity index (χ0v) is 12.6. The molecular weight excluding hydrogens is 336 g/mol. The highest BCUT2D eigenvalue weighted by Crippen LogP contribution is 2.26. The molecule has 0 aromatic heterocycles. The van der Waals surface area contributed by atoms with Gasteiger partial charge < -0.3 is 9.84 Å². The second-order valence-electron chi connectivity index (χ2n) is 4.23. The molecule has 0 saturated heterocycles. The second-order valence-corrected chi connectivity index (χ2v) is 5.15. The monoisotopic (exact) mass is 351 g/mol. The lowest BCUT2D eigenvalue weighted by Crippen LogP contribution is -2.30. The van der Waals surface area contributed by atoms with Gasteiger partial charge in [0.15, 0.2) is 0 Å². The van der Waals surface area contributed by atoms with E-state index in [-0.39, 0.29) is 18.8 Å². The van der Waals surface area contributed by atoms with Gasteiger partial charge in [0.2, 0.25) is 0 Å². The molecule has 1 N–H and O–H groups in total. The molecule has 1 aromatic rings. The Kier molecular flexibility index (Phi) is 6.87. The van der Waals surface area contributed by atoms with E-state index in [9.17, 15) is 13.6 Å². The van der Waals surface area contributed by atoms with Crippen molar-refractivity contribution in [2.24, 2.45) is 0 Å². The van der Waals surface area contributed by atoms with Crippen LogP contribution in [0.3, 0.4) is 0 Å². The van der Waals surface area contributed by atoms with Gasteiger partial charge in [0.25, 0.3) is 0 Å². The first-order valence-electron chi connectivity index (χ1n) is 6.09. The van der Waals surface area contributed by atoms with Crippen molar-refractivity contribution in [2.45, 2.75) is 26.5 Å². The van der Waals surface area contributed by atoms with Crippen molar-refractivity contribution in [3.05, 3.63) is 28.2 Å². The van der Waals surface area contributed by atoms with Gasteiger partial charge >= 0.3 is 12.6 Å². The van der Waals surface area contributed by atoms with Gasteiger partial charge in [0, 0.05) is 16.6 Å². The summed E-state index contributed by atoms with van der Waals surface area (Å²) in [4.78, 5) is 12.5. The Morgan fingerprint density at radius 1 is 1.50 bits per heavy atom. The molecule has 0 unspecified atom stereocenters. The smallest absolute Gasteiger partial charge is 0.387 e. The van der Waals surface area contributed by atoms with Crippen LogP contribution in [0.2, 0.25) is 0 Å². The Balaban J connectivity index is 2.91. The van der Waals surface area contributed by atoms with Gasteiger partial charge in [0.1, 0.15) is 5.75 Å². The van der Waals surface area contributed by atoms with Crippen molar-refractivity contribution >= 4 is 21.9 Å². The number of alkyl halides is 2. The maximum Gasteiger partial charge on any atom is 0.387 e. The third-order valence-corrected chi connectivity index (χ3v) is 3.02. The zero-order valence-electron chi connectivity index (χ0n) is 11.0. The molecule has 1 aromatic carbocycles. The highest BCUT2D eigenvalue weighted by Gasteiger charge is 2.15. The SMILES string of the molecule is CCCN(CC(=O)O)Cc1cc(Br)ccc1OC(F)F. The number of hydrogen-bond donors (Lipinski definition) is 1. The summed E-state index contributed by atoms with van der Waals surface area (Å²) in [7, 11) is 0. The lowest BCUT2D eigenvalue weighted by atomic mass is 10.2. The van der Waals surface area contributed by atoms with Crippen LogP contribution in [-0.2, 0) is 11.3 Å². The number of hydrogen-bond acceptors (Lipinski definition) is 3. The summed E-state index contributed by atoms with van der Waals surface area (Å²) in [5.74, 6) is -0.889. The molecular formula is C13H16BrF2NO3. The molecule has 0 radical (unpaired) electrons. The highest BCUT2D eigenvalue weighted by atomic mass is 79.9. The van der Waals surface area contributed by atoms with Crippen LogP contribution < -0.4 is 4.74 Å². The maximum atomic E-state index is 12.4. The van der Waals surface area contributed by atoms with E-state index in [1.165, 1.54) is 6.07 Å². The summed E-state index contributed by atoms with van der Waals surface area (Å²) >= 11 is 3.26. The van der Waals surface area contributed by atoms with Crippen molar-refractivity contribution in [1.82, 2.24) is 4.90 Å². The fraction of sp³-hybridized carbons (Fsp3) is 0.462. The van der Waals surface area contributed by atoms with Crippen LogP contribution in [0.4, 0.5) is 8.78 Å². The average molecular weight is 352 g/mol. The standard InChI is InChI=1S/C13H16BrF2NO3/c1-2-5-17(8-12(18)19)7-9-6-10(14)3-4-11(9)20-13(15)16/h3-4,6,13H,2,5,7-8H2,1H3,(H,18,19). The first kappa shape index (κ1) is 16.8. The molecule has 1 rings (SSSR count). The van der Waals surface area contributed by atoms with E-state index in [4.69, 9.17) is 5.11 Å². The van der Waals surface area contributed by atoms with E-state index in [1.54, 1.807) is 17.0 Å². The summed E-state index contributed by atoms with van der Waals surface area (Å²) in [5.41, 5.74) is 0.523. The fourth-order valence-corrected chi connectivity index (χ4v) is 2.25. The van der Waals surface area contributed by atoms with Crippen molar-refractivity contribution < 1.29 is 23.4 Å². The van der Waals surface area contributed by atoms with E-state index in [1.807, 2.05) is 6.92 Å². The predicted molar refractivity (Wildman–Crippen MR) is 74.0 cm³/mol. The van der Waals surface area contributed by atoms with Crippen molar-refractivity contribution in [1.29, 1.82) is 0 Å². The fourth-order valence-electron chi connectivity index (χ4n) is 1.84. The van der Waals surface area contributed by atoms with E-state index in [0.717, 1.165) is 10.9 Å². The molecule has 4 nitrogen and oxygen atoms in total. The number of carboxylic acid groups (broad SMARTS) is 1. The second kappa shape index (κ2) is 8.16.